The van der Waals surface area contributed by atoms with Gasteiger partial charge in [-0.05, 0) is 71.5 Å². The summed E-state index contributed by atoms with van der Waals surface area (Å²) in [6.45, 7) is 4.38. The third-order valence-electron chi connectivity index (χ3n) is 4.69. The summed E-state index contributed by atoms with van der Waals surface area (Å²) in [4.78, 5) is 0. The van der Waals surface area contributed by atoms with Crippen LogP contribution >= 0.6 is 31.9 Å². The van der Waals surface area contributed by atoms with E-state index in [9.17, 15) is 0 Å². The quantitative estimate of drug-likeness (QED) is 0.307. The highest BCUT2D eigenvalue weighted by atomic mass is 79.9. The van der Waals surface area contributed by atoms with Crippen molar-refractivity contribution in [3.05, 3.63) is 91.4 Å². The van der Waals surface area contributed by atoms with Gasteiger partial charge in [-0.25, -0.2) is 0 Å². The summed E-state index contributed by atoms with van der Waals surface area (Å²) in [6.07, 6.45) is 0. The van der Waals surface area contributed by atoms with E-state index in [-0.39, 0.29) is 0 Å². The van der Waals surface area contributed by atoms with Crippen molar-refractivity contribution in [2.75, 3.05) is 0 Å². The molecule has 0 saturated carbocycles. The lowest BCUT2D eigenvalue weighted by atomic mass is 9.86. The molecule has 0 aliphatic heterocycles. The fourth-order valence-electron chi connectivity index (χ4n) is 3.61. The van der Waals surface area contributed by atoms with Crippen LogP contribution in [0.15, 0.2) is 63.5 Å². The Balaban J connectivity index is 2.05. The molecule has 0 nitrogen and oxygen atoms in total. The second-order valence-corrected chi connectivity index (χ2v) is 8.09. The molecule has 0 atom stereocenters. The highest BCUT2D eigenvalue weighted by molar-refractivity contribution is 9.10. The zero-order chi connectivity index (χ0) is 16.1. The smallest absolute Gasteiger partial charge is 0.0355 e. The van der Waals surface area contributed by atoms with Crippen LogP contribution < -0.4 is 0 Å². The number of hydrogen-bond donors (Lipinski definition) is 0. The van der Waals surface area contributed by atoms with Crippen molar-refractivity contribution < 1.29 is 0 Å². The van der Waals surface area contributed by atoms with Crippen LogP contribution in [0.2, 0.25) is 0 Å². The van der Waals surface area contributed by atoms with Gasteiger partial charge in [0, 0.05) is 14.9 Å². The minimum atomic E-state index is 0.301. The van der Waals surface area contributed by atoms with Crippen LogP contribution in [0.5, 0.6) is 0 Å². The number of fused-ring (bicyclic) bond motifs is 3. The molecule has 0 amide bonds. The molecule has 0 spiro atoms. The fraction of sp³-hybridized carbons (Fsp3) is 0.143. The Labute approximate surface area is 153 Å². The first kappa shape index (κ1) is 15.2. The van der Waals surface area contributed by atoms with E-state index in [1.165, 1.54) is 38.9 Å². The molecule has 23 heavy (non-hydrogen) atoms. The van der Waals surface area contributed by atoms with Crippen LogP contribution in [0.25, 0.3) is 11.1 Å². The molecule has 2 heteroatoms. The van der Waals surface area contributed by atoms with Crippen molar-refractivity contribution >= 4 is 31.9 Å². The molecule has 0 aromatic heterocycles. The van der Waals surface area contributed by atoms with Gasteiger partial charge in [0.05, 0.1) is 0 Å². The predicted octanol–water partition coefficient (Wildman–Crippen LogP) is 6.99. The van der Waals surface area contributed by atoms with Crippen LogP contribution in [-0.2, 0) is 0 Å². The van der Waals surface area contributed by atoms with E-state index in [2.05, 4.69) is 100 Å². The first-order valence-corrected chi connectivity index (χ1v) is 9.29. The maximum atomic E-state index is 3.65. The Kier molecular flexibility index (Phi) is 3.70. The Morgan fingerprint density at radius 1 is 0.652 bits per heavy atom. The highest BCUT2D eigenvalue weighted by Crippen LogP contribution is 2.50. The van der Waals surface area contributed by atoms with Gasteiger partial charge in [-0.3, -0.25) is 0 Å². The lowest BCUT2D eigenvalue weighted by molar-refractivity contribution is 0.990. The first-order valence-electron chi connectivity index (χ1n) is 7.71. The van der Waals surface area contributed by atoms with E-state index in [0.29, 0.717) is 5.92 Å². The van der Waals surface area contributed by atoms with E-state index in [1.54, 1.807) is 0 Å². The van der Waals surface area contributed by atoms with Crippen LogP contribution in [-0.4, -0.2) is 0 Å². The molecule has 0 bridgehead atoms. The molecular weight excluding hydrogens is 412 g/mol. The average molecular weight is 428 g/mol. The summed E-state index contributed by atoms with van der Waals surface area (Å²) in [7, 11) is 0. The van der Waals surface area contributed by atoms with Crippen LogP contribution in [0.3, 0.4) is 0 Å². The third-order valence-corrected chi connectivity index (χ3v) is 5.67. The summed E-state index contributed by atoms with van der Waals surface area (Å²) < 4.78 is 2.27. The van der Waals surface area contributed by atoms with E-state index in [0.717, 1.165) is 8.95 Å². The Bertz CT molecular complexity index is 874. The van der Waals surface area contributed by atoms with Gasteiger partial charge in [0.15, 0.2) is 0 Å². The van der Waals surface area contributed by atoms with E-state index in [1.807, 2.05) is 0 Å². The number of aryl methyl sites for hydroxylation is 2. The lowest BCUT2D eigenvalue weighted by Gasteiger charge is -2.18. The summed E-state index contributed by atoms with van der Waals surface area (Å²) in [5.41, 5.74) is 9.54. The fourth-order valence-corrected chi connectivity index (χ4v) is 4.37. The molecule has 4 rings (SSSR count). The molecular formula is C21H16Br2. The highest BCUT2D eigenvalue weighted by Gasteiger charge is 2.31. The Morgan fingerprint density at radius 2 is 1.22 bits per heavy atom. The summed E-state index contributed by atoms with van der Waals surface area (Å²) >= 11 is 7.30. The maximum Gasteiger partial charge on any atom is 0.0355 e. The molecule has 0 heterocycles. The van der Waals surface area contributed by atoms with Crippen molar-refractivity contribution in [1.29, 1.82) is 0 Å². The minimum Gasteiger partial charge on any atom is -0.0590 e. The molecule has 0 N–H and O–H groups in total. The second-order valence-electron chi connectivity index (χ2n) is 6.26. The zero-order valence-electron chi connectivity index (χ0n) is 13.0. The van der Waals surface area contributed by atoms with Gasteiger partial charge in [0.2, 0.25) is 0 Å². The van der Waals surface area contributed by atoms with E-state index < -0.39 is 0 Å². The topological polar surface area (TPSA) is 0 Å². The van der Waals surface area contributed by atoms with E-state index >= 15 is 0 Å². The van der Waals surface area contributed by atoms with Crippen molar-refractivity contribution in [1.82, 2.24) is 0 Å². The zero-order valence-corrected chi connectivity index (χ0v) is 16.2. The largest absolute Gasteiger partial charge is 0.0590 e. The van der Waals surface area contributed by atoms with Gasteiger partial charge < -0.3 is 0 Å². The normalized spacial score (nSPS) is 13.0. The van der Waals surface area contributed by atoms with Gasteiger partial charge in [-0.1, -0.05) is 67.8 Å². The van der Waals surface area contributed by atoms with Gasteiger partial charge in [-0.15, -0.1) is 0 Å². The SMILES string of the molecule is Cc1ccc(C)c(C2c3cc(Br)ccc3-c3ccc(Br)cc32)c1. The number of rotatable bonds is 1. The van der Waals surface area contributed by atoms with Crippen LogP contribution in [0.4, 0.5) is 0 Å². The average Bonchev–Trinajstić information content (AvgIpc) is 2.82. The summed E-state index contributed by atoms with van der Waals surface area (Å²) in [5.74, 6) is 0.301. The molecule has 3 aromatic carbocycles. The first-order chi connectivity index (χ1) is 11.0. The molecule has 1 aliphatic carbocycles. The van der Waals surface area contributed by atoms with Crippen molar-refractivity contribution in [3.8, 4) is 11.1 Å². The summed E-state index contributed by atoms with van der Waals surface area (Å²) in [6, 6.07) is 20.0. The van der Waals surface area contributed by atoms with Gasteiger partial charge in [0.1, 0.15) is 0 Å². The molecule has 0 saturated heterocycles. The number of halogens is 2. The van der Waals surface area contributed by atoms with Crippen molar-refractivity contribution in [2.45, 2.75) is 19.8 Å². The van der Waals surface area contributed by atoms with Crippen molar-refractivity contribution in [2.24, 2.45) is 0 Å². The van der Waals surface area contributed by atoms with Gasteiger partial charge in [-0.2, -0.15) is 0 Å². The third kappa shape index (κ3) is 2.49. The Hall–Kier alpha value is -1.38. The number of benzene rings is 3. The molecule has 3 aromatic rings. The number of hydrogen-bond acceptors (Lipinski definition) is 0. The Morgan fingerprint density at radius 3 is 1.78 bits per heavy atom. The second kappa shape index (κ2) is 5.61. The van der Waals surface area contributed by atoms with Gasteiger partial charge >= 0.3 is 0 Å². The molecule has 114 valence electrons. The standard InChI is InChI=1S/C21H16Br2/c1-12-3-4-13(2)18(9-12)21-19-10-14(22)5-7-16(19)17-8-6-15(23)11-20(17)21/h3-11,21H,1-2H3. The molecule has 1 aliphatic rings. The van der Waals surface area contributed by atoms with Gasteiger partial charge in [0.25, 0.3) is 0 Å². The van der Waals surface area contributed by atoms with Crippen LogP contribution in [0, 0.1) is 13.8 Å². The lowest BCUT2D eigenvalue weighted by Crippen LogP contribution is -2.02. The maximum absolute atomic E-state index is 3.65. The molecule has 0 fully saturated rings. The minimum absolute atomic E-state index is 0.301. The molecule has 0 unspecified atom stereocenters. The van der Waals surface area contributed by atoms with Crippen LogP contribution in [0.1, 0.15) is 33.7 Å². The summed E-state index contributed by atoms with van der Waals surface area (Å²) in [5, 5.41) is 0. The molecule has 0 radical (unpaired) electrons. The van der Waals surface area contributed by atoms with Crippen molar-refractivity contribution in [3.63, 3.8) is 0 Å². The monoisotopic (exact) mass is 426 g/mol. The van der Waals surface area contributed by atoms with E-state index in [4.69, 9.17) is 0 Å². The predicted molar refractivity (Wildman–Crippen MR) is 104 cm³/mol.